The van der Waals surface area contributed by atoms with Crippen LogP contribution in [0.15, 0.2) is 24.3 Å². The number of rotatable bonds is 1. The molecule has 1 aromatic carbocycles. The quantitative estimate of drug-likeness (QED) is 0.753. The summed E-state index contributed by atoms with van der Waals surface area (Å²) in [6.07, 6.45) is 2.66. The van der Waals surface area contributed by atoms with E-state index in [1.165, 1.54) is 0 Å². The lowest BCUT2D eigenvalue weighted by Crippen LogP contribution is -2.42. The predicted octanol–water partition coefficient (Wildman–Crippen LogP) is 2.08. The summed E-state index contributed by atoms with van der Waals surface area (Å²) in [6.45, 7) is 0.619. The van der Waals surface area contributed by atoms with Gasteiger partial charge in [0.05, 0.1) is 17.7 Å². The molecule has 1 fully saturated rings. The second-order valence-electron chi connectivity index (χ2n) is 4.33. The minimum absolute atomic E-state index is 0.154. The van der Waals surface area contributed by atoms with Crippen LogP contribution in [0.3, 0.4) is 0 Å². The van der Waals surface area contributed by atoms with Gasteiger partial charge in [0.1, 0.15) is 6.04 Å². The van der Waals surface area contributed by atoms with Gasteiger partial charge in [0.15, 0.2) is 0 Å². The topological polar surface area (TPSA) is 67.9 Å². The summed E-state index contributed by atoms with van der Waals surface area (Å²) in [5.41, 5.74) is 0.947. The van der Waals surface area contributed by atoms with Crippen LogP contribution in [0.1, 0.15) is 35.2 Å². The zero-order valence-electron chi connectivity index (χ0n) is 9.97. The smallest absolute Gasteiger partial charge is 0.254 e. The van der Waals surface area contributed by atoms with E-state index in [9.17, 15) is 4.79 Å². The lowest BCUT2D eigenvalue weighted by Gasteiger charge is -2.31. The van der Waals surface area contributed by atoms with Crippen LogP contribution in [-0.4, -0.2) is 23.4 Å². The highest BCUT2D eigenvalue weighted by Gasteiger charge is 2.27. The van der Waals surface area contributed by atoms with Crippen LogP contribution in [0.5, 0.6) is 0 Å². The molecule has 0 aromatic heterocycles. The third-order valence-electron chi connectivity index (χ3n) is 3.15. The molecule has 90 valence electrons. The van der Waals surface area contributed by atoms with Crippen molar-refractivity contribution >= 4 is 5.91 Å². The van der Waals surface area contributed by atoms with Crippen molar-refractivity contribution in [3.8, 4) is 12.1 Å². The van der Waals surface area contributed by atoms with E-state index >= 15 is 0 Å². The third kappa shape index (κ3) is 2.33. The number of piperidine rings is 1. The molecule has 1 aromatic rings. The minimum atomic E-state index is -0.336. The van der Waals surface area contributed by atoms with Gasteiger partial charge in [-0.2, -0.15) is 10.5 Å². The van der Waals surface area contributed by atoms with Gasteiger partial charge in [-0.25, -0.2) is 0 Å². The molecular weight excluding hydrogens is 226 g/mol. The van der Waals surface area contributed by atoms with Gasteiger partial charge in [-0.3, -0.25) is 4.79 Å². The van der Waals surface area contributed by atoms with E-state index in [0.29, 0.717) is 17.7 Å². The number of carbonyl (C=O) groups excluding carboxylic acids is 1. The molecule has 1 aliphatic heterocycles. The van der Waals surface area contributed by atoms with E-state index in [0.717, 1.165) is 19.3 Å². The number of benzene rings is 1. The first kappa shape index (κ1) is 12.1. The minimum Gasteiger partial charge on any atom is -0.323 e. The molecule has 0 radical (unpaired) electrons. The van der Waals surface area contributed by atoms with Crippen LogP contribution in [0.2, 0.25) is 0 Å². The Morgan fingerprint density at radius 2 is 2.17 bits per heavy atom. The van der Waals surface area contributed by atoms with E-state index in [1.807, 2.05) is 6.07 Å². The van der Waals surface area contributed by atoms with Crippen LogP contribution >= 0.6 is 0 Å². The highest BCUT2D eigenvalue weighted by molar-refractivity contribution is 5.95. The molecule has 4 heteroatoms. The number of carbonyl (C=O) groups is 1. The average Bonchev–Trinajstić information content (AvgIpc) is 2.46. The summed E-state index contributed by atoms with van der Waals surface area (Å²) in [4.78, 5) is 13.9. The lowest BCUT2D eigenvalue weighted by atomic mass is 10.0. The number of likely N-dealkylation sites (tertiary alicyclic amines) is 1. The van der Waals surface area contributed by atoms with E-state index in [4.69, 9.17) is 10.5 Å². The van der Waals surface area contributed by atoms with Crippen molar-refractivity contribution in [2.75, 3.05) is 6.54 Å². The molecule has 2 rings (SSSR count). The van der Waals surface area contributed by atoms with Gasteiger partial charge in [0.25, 0.3) is 5.91 Å². The zero-order chi connectivity index (χ0) is 13.0. The van der Waals surface area contributed by atoms with Crippen LogP contribution in [-0.2, 0) is 0 Å². The van der Waals surface area contributed by atoms with Crippen molar-refractivity contribution in [2.45, 2.75) is 25.3 Å². The molecule has 0 spiro atoms. The van der Waals surface area contributed by atoms with Crippen molar-refractivity contribution in [1.29, 1.82) is 10.5 Å². The van der Waals surface area contributed by atoms with Gasteiger partial charge in [0, 0.05) is 12.1 Å². The Hall–Kier alpha value is -2.33. The van der Waals surface area contributed by atoms with Crippen molar-refractivity contribution in [3.63, 3.8) is 0 Å². The number of hydrogen-bond donors (Lipinski definition) is 0. The maximum Gasteiger partial charge on any atom is 0.254 e. The van der Waals surface area contributed by atoms with Gasteiger partial charge >= 0.3 is 0 Å². The summed E-state index contributed by atoms with van der Waals surface area (Å²) >= 11 is 0. The summed E-state index contributed by atoms with van der Waals surface area (Å²) in [6, 6.07) is 10.5. The summed E-state index contributed by atoms with van der Waals surface area (Å²) < 4.78 is 0. The number of nitrogens with zero attached hydrogens (tertiary/aromatic N) is 3. The SMILES string of the molecule is N#Cc1cccc(C(=O)N2CCCCC2C#N)c1. The Balaban J connectivity index is 2.25. The fraction of sp³-hybridized carbons (Fsp3) is 0.357. The van der Waals surface area contributed by atoms with Crippen LogP contribution in [0.4, 0.5) is 0 Å². The van der Waals surface area contributed by atoms with E-state index in [-0.39, 0.29) is 11.9 Å². The molecule has 18 heavy (non-hydrogen) atoms. The first-order valence-corrected chi connectivity index (χ1v) is 5.97. The second kappa shape index (κ2) is 5.33. The number of nitriles is 2. The molecule has 0 N–H and O–H groups in total. The molecule has 1 atom stereocenters. The maximum absolute atomic E-state index is 12.3. The van der Waals surface area contributed by atoms with Gasteiger partial charge in [0.2, 0.25) is 0 Å². The standard InChI is InChI=1S/C14H13N3O/c15-9-11-4-3-5-12(8-11)14(18)17-7-2-1-6-13(17)10-16/h3-5,8,13H,1-2,6-7H2. The average molecular weight is 239 g/mol. The number of hydrogen-bond acceptors (Lipinski definition) is 3. The Kier molecular flexibility index (Phi) is 3.60. The second-order valence-corrected chi connectivity index (χ2v) is 4.33. The predicted molar refractivity (Wildman–Crippen MR) is 65.4 cm³/mol. The Labute approximate surface area is 106 Å². The molecule has 4 nitrogen and oxygen atoms in total. The molecule has 1 heterocycles. The first-order chi connectivity index (χ1) is 8.76. The van der Waals surface area contributed by atoms with Crippen molar-refractivity contribution in [1.82, 2.24) is 4.90 Å². The van der Waals surface area contributed by atoms with Crippen LogP contribution < -0.4 is 0 Å². The van der Waals surface area contributed by atoms with E-state index < -0.39 is 0 Å². The highest BCUT2D eigenvalue weighted by Crippen LogP contribution is 2.19. The molecule has 0 aliphatic carbocycles. The largest absolute Gasteiger partial charge is 0.323 e. The van der Waals surface area contributed by atoms with Crippen molar-refractivity contribution in [2.24, 2.45) is 0 Å². The Bertz CT molecular complexity index is 539. The summed E-state index contributed by atoms with van der Waals surface area (Å²) in [5, 5.41) is 17.9. The van der Waals surface area contributed by atoms with Gasteiger partial charge in [-0.05, 0) is 37.5 Å². The highest BCUT2D eigenvalue weighted by atomic mass is 16.2. The molecule has 1 unspecified atom stereocenters. The molecular formula is C14H13N3O. The fourth-order valence-corrected chi connectivity index (χ4v) is 2.20. The lowest BCUT2D eigenvalue weighted by molar-refractivity contribution is 0.0670. The van der Waals surface area contributed by atoms with Gasteiger partial charge < -0.3 is 4.90 Å². The molecule has 1 aliphatic rings. The third-order valence-corrected chi connectivity index (χ3v) is 3.15. The van der Waals surface area contributed by atoms with Crippen LogP contribution in [0, 0.1) is 22.7 Å². The van der Waals surface area contributed by atoms with Gasteiger partial charge in [-0.1, -0.05) is 6.07 Å². The monoisotopic (exact) mass is 239 g/mol. The fourth-order valence-electron chi connectivity index (χ4n) is 2.20. The van der Waals surface area contributed by atoms with Crippen molar-refractivity contribution < 1.29 is 4.79 Å². The molecule has 1 saturated heterocycles. The Morgan fingerprint density at radius 3 is 2.89 bits per heavy atom. The molecule has 0 saturated carbocycles. The normalized spacial score (nSPS) is 18.8. The summed E-state index contributed by atoms with van der Waals surface area (Å²) in [5.74, 6) is -0.154. The summed E-state index contributed by atoms with van der Waals surface area (Å²) in [7, 11) is 0. The number of amides is 1. The van der Waals surface area contributed by atoms with Crippen molar-refractivity contribution in [3.05, 3.63) is 35.4 Å². The first-order valence-electron chi connectivity index (χ1n) is 5.97. The maximum atomic E-state index is 12.3. The Morgan fingerprint density at radius 1 is 1.33 bits per heavy atom. The molecule has 1 amide bonds. The zero-order valence-corrected chi connectivity index (χ0v) is 9.97. The van der Waals surface area contributed by atoms with E-state index in [1.54, 1.807) is 29.2 Å². The van der Waals surface area contributed by atoms with Gasteiger partial charge in [-0.15, -0.1) is 0 Å². The van der Waals surface area contributed by atoms with Crippen LogP contribution in [0.25, 0.3) is 0 Å². The molecule has 0 bridgehead atoms. The van der Waals surface area contributed by atoms with E-state index in [2.05, 4.69) is 6.07 Å².